The highest BCUT2D eigenvalue weighted by molar-refractivity contribution is 5.91. The van der Waals surface area contributed by atoms with Crippen LogP contribution < -0.4 is 5.84 Å². The topological polar surface area (TPSA) is 56.8 Å². The molecule has 6 unspecified atom stereocenters. The van der Waals surface area contributed by atoms with Crippen LogP contribution in [0.5, 0.6) is 0 Å². The second-order valence-electron chi connectivity index (χ2n) is 6.48. The van der Waals surface area contributed by atoms with Crippen molar-refractivity contribution in [2.45, 2.75) is 25.0 Å². The van der Waals surface area contributed by atoms with E-state index in [0.717, 1.165) is 49.7 Å². The van der Waals surface area contributed by atoms with Crippen molar-refractivity contribution in [3.8, 4) is 0 Å². The summed E-state index contributed by atoms with van der Waals surface area (Å²) in [5.41, 5.74) is 1.26. The lowest BCUT2D eigenvalue weighted by Gasteiger charge is -2.33. The van der Waals surface area contributed by atoms with E-state index >= 15 is 0 Å². The second kappa shape index (κ2) is 2.69. The molecule has 17 heavy (non-hydrogen) atoms. The number of hydrogen-bond acceptors (Lipinski definition) is 4. The van der Waals surface area contributed by atoms with Gasteiger partial charge in [-0.3, -0.25) is 0 Å². The summed E-state index contributed by atoms with van der Waals surface area (Å²) in [6.45, 7) is 1.54. The van der Waals surface area contributed by atoms with Crippen LogP contribution in [-0.2, 0) is 9.47 Å². The maximum absolute atomic E-state index is 6.04. The molecular formula is C13H18N2O2. The minimum Gasteiger partial charge on any atom is -0.347 e. The molecule has 2 bridgehead atoms. The van der Waals surface area contributed by atoms with E-state index in [1.165, 1.54) is 12.1 Å². The molecule has 6 atom stereocenters. The molecule has 2 N–H and O–H groups in total. The summed E-state index contributed by atoms with van der Waals surface area (Å²) in [6.07, 6.45) is 3.66. The number of rotatable bonds is 0. The quantitative estimate of drug-likeness (QED) is 0.502. The Bertz CT molecular complexity index is 416. The molecule has 1 aliphatic heterocycles. The van der Waals surface area contributed by atoms with Crippen LogP contribution in [-0.4, -0.2) is 24.7 Å². The van der Waals surface area contributed by atoms with Gasteiger partial charge in [0.1, 0.15) is 0 Å². The van der Waals surface area contributed by atoms with E-state index in [4.69, 9.17) is 15.3 Å². The molecule has 4 nitrogen and oxygen atoms in total. The van der Waals surface area contributed by atoms with E-state index in [0.29, 0.717) is 11.8 Å². The highest BCUT2D eigenvalue weighted by atomic mass is 16.7. The van der Waals surface area contributed by atoms with Gasteiger partial charge in [-0.15, -0.1) is 0 Å². The van der Waals surface area contributed by atoms with Crippen molar-refractivity contribution in [1.29, 1.82) is 0 Å². The van der Waals surface area contributed by atoms with Gasteiger partial charge < -0.3 is 15.3 Å². The molecule has 5 aliphatic rings. The molecular weight excluding hydrogens is 216 g/mol. The number of ether oxygens (including phenoxy) is 2. The first-order valence-electron chi connectivity index (χ1n) is 6.88. The van der Waals surface area contributed by atoms with Gasteiger partial charge in [-0.05, 0) is 36.5 Å². The summed E-state index contributed by atoms with van der Waals surface area (Å²) < 4.78 is 12.1. The molecule has 5 fully saturated rings. The van der Waals surface area contributed by atoms with Gasteiger partial charge in [0.05, 0.1) is 13.2 Å². The summed E-state index contributed by atoms with van der Waals surface area (Å²) in [6, 6.07) is 0. The molecule has 0 amide bonds. The van der Waals surface area contributed by atoms with Crippen LogP contribution in [0.4, 0.5) is 0 Å². The lowest BCUT2D eigenvalue weighted by molar-refractivity contribution is -0.188. The van der Waals surface area contributed by atoms with Crippen LogP contribution in [0.15, 0.2) is 5.10 Å². The lowest BCUT2D eigenvalue weighted by atomic mass is 9.79. The molecule has 92 valence electrons. The number of nitrogens with zero attached hydrogens (tertiary/aromatic N) is 1. The Kier molecular flexibility index (Phi) is 1.48. The van der Waals surface area contributed by atoms with Gasteiger partial charge in [-0.25, -0.2) is 0 Å². The van der Waals surface area contributed by atoms with Crippen molar-refractivity contribution in [2.75, 3.05) is 13.2 Å². The van der Waals surface area contributed by atoms with Crippen LogP contribution in [0.2, 0.25) is 0 Å². The molecule has 5 rings (SSSR count). The number of hydrogen-bond donors (Lipinski definition) is 1. The highest BCUT2D eigenvalue weighted by Gasteiger charge is 2.74. The fourth-order valence-electron chi connectivity index (χ4n) is 6.08. The summed E-state index contributed by atoms with van der Waals surface area (Å²) >= 11 is 0. The zero-order valence-corrected chi connectivity index (χ0v) is 9.84. The third kappa shape index (κ3) is 0.838. The average Bonchev–Trinajstić information content (AvgIpc) is 3.03. The smallest absolute Gasteiger partial charge is 0.172 e. The predicted octanol–water partition coefficient (Wildman–Crippen LogP) is 0.966. The normalized spacial score (nSPS) is 58.9. The van der Waals surface area contributed by atoms with Crippen molar-refractivity contribution >= 4 is 5.71 Å². The summed E-state index contributed by atoms with van der Waals surface area (Å²) in [5, 5.41) is 4.09. The lowest BCUT2D eigenvalue weighted by Crippen LogP contribution is -2.41. The van der Waals surface area contributed by atoms with Crippen LogP contribution in [0.25, 0.3) is 0 Å². The third-order valence-electron chi connectivity index (χ3n) is 6.30. The Labute approximate surface area is 101 Å². The highest BCUT2D eigenvalue weighted by Crippen LogP contribution is 2.73. The van der Waals surface area contributed by atoms with Gasteiger partial charge in [0, 0.05) is 24.0 Å². The molecule has 4 heteroatoms. The zero-order chi connectivity index (χ0) is 11.2. The van der Waals surface area contributed by atoms with Gasteiger partial charge in [0.15, 0.2) is 5.79 Å². The number of hydrazone groups is 1. The van der Waals surface area contributed by atoms with E-state index < -0.39 is 0 Å². The Morgan fingerprint density at radius 2 is 1.94 bits per heavy atom. The van der Waals surface area contributed by atoms with E-state index in [9.17, 15) is 0 Å². The maximum Gasteiger partial charge on any atom is 0.172 e. The molecule has 1 heterocycles. The molecule has 0 aromatic rings. The molecule has 4 saturated carbocycles. The van der Waals surface area contributed by atoms with E-state index in [1.54, 1.807) is 0 Å². The van der Waals surface area contributed by atoms with E-state index in [2.05, 4.69) is 5.10 Å². The first kappa shape index (κ1) is 9.34. The molecule has 4 aliphatic carbocycles. The van der Waals surface area contributed by atoms with Crippen molar-refractivity contribution < 1.29 is 9.47 Å². The minimum absolute atomic E-state index is 0.250. The van der Waals surface area contributed by atoms with Crippen molar-refractivity contribution in [3.63, 3.8) is 0 Å². The van der Waals surface area contributed by atoms with Crippen molar-refractivity contribution in [3.05, 3.63) is 0 Å². The number of nitrogens with two attached hydrogens (primary N) is 1. The third-order valence-corrected chi connectivity index (χ3v) is 6.30. The van der Waals surface area contributed by atoms with Gasteiger partial charge >= 0.3 is 0 Å². The summed E-state index contributed by atoms with van der Waals surface area (Å²) in [7, 11) is 0. The standard InChI is InChI=1S/C13H18N2O2/c14-15-10-4-6-7-3-8-9(6)5-13(12(8)11(7)10)16-1-2-17-13/h6-9,11-12H,1-5,14H2/b15-10+. The van der Waals surface area contributed by atoms with Crippen LogP contribution >= 0.6 is 0 Å². The Morgan fingerprint density at radius 1 is 1.12 bits per heavy atom. The van der Waals surface area contributed by atoms with E-state index in [1.807, 2.05) is 0 Å². The SMILES string of the molecule is N/N=C1\CC2C3CC4(OCCO4)C4C3CC2C14. The van der Waals surface area contributed by atoms with Crippen LogP contribution in [0.1, 0.15) is 19.3 Å². The monoisotopic (exact) mass is 234 g/mol. The zero-order valence-electron chi connectivity index (χ0n) is 9.84. The second-order valence-corrected chi connectivity index (χ2v) is 6.48. The Balaban J connectivity index is 1.66. The van der Waals surface area contributed by atoms with Crippen molar-refractivity contribution in [2.24, 2.45) is 46.5 Å². The summed E-state index contributed by atoms with van der Waals surface area (Å²) in [5.74, 6) is 9.79. The van der Waals surface area contributed by atoms with E-state index in [-0.39, 0.29) is 5.79 Å². The first-order valence-corrected chi connectivity index (χ1v) is 6.88. The molecule has 0 radical (unpaired) electrons. The van der Waals surface area contributed by atoms with Gasteiger partial charge in [-0.2, -0.15) is 5.10 Å². The summed E-state index contributed by atoms with van der Waals surface area (Å²) in [4.78, 5) is 0. The molecule has 1 saturated heterocycles. The largest absolute Gasteiger partial charge is 0.347 e. The molecule has 0 aromatic carbocycles. The van der Waals surface area contributed by atoms with Crippen LogP contribution in [0.3, 0.4) is 0 Å². The Morgan fingerprint density at radius 3 is 2.71 bits per heavy atom. The van der Waals surface area contributed by atoms with Gasteiger partial charge in [0.25, 0.3) is 0 Å². The first-order chi connectivity index (χ1) is 8.34. The molecule has 0 aromatic heterocycles. The maximum atomic E-state index is 6.04. The van der Waals surface area contributed by atoms with Gasteiger partial charge in [0.2, 0.25) is 0 Å². The van der Waals surface area contributed by atoms with Gasteiger partial charge in [-0.1, -0.05) is 0 Å². The Hall–Kier alpha value is -0.610. The number of fused-ring (bicyclic) bond motifs is 3. The van der Waals surface area contributed by atoms with Crippen molar-refractivity contribution in [1.82, 2.24) is 0 Å². The van der Waals surface area contributed by atoms with Crippen LogP contribution in [0, 0.1) is 35.5 Å². The average molecular weight is 234 g/mol. The molecule has 1 spiro atoms. The fraction of sp³-hybridized carbons (Fsp3) is 0.923. The fourth-order valence-corrected chi connectivity index (χ4v) is 6.08. The minimum atomic E-state index is -0.250. The predicted molar refractivity (Wildman–Crippen MR) is 61.0 cm³/mol.